The van der Waals surface area contributed by atoms with Gasteiger partial charge in [0, 0.05) is 16.1 Å². The fraction of sp³-hybridized carbons (Fsp3) is 0.0800. The van der Waals surface area contributed by atoms with E-state index in [1.165, 1.54) is 0 Å². The minimum atomic E-state index is 0.419. The van der Waals surface area contributed by atoms with Crippen LogP contribution < -0.4 is 4.74 Å². The van der Waals surface area contributed by atoms with Gasteiger partial charge in [-0.3, -0.25) is 0 Å². The van der Waals surface area contributed by atoms with Crippen molar-refractivity contribution in [3.05, 3.63) is 90.0 Å². The molecule has 0 unspecified atom stereocenters. The van der Waals surface area contributed by atoms with Crippen LogP contribution in [0.3, 0.4) is 0 Å². The van der Waals surface area contributed by atoms with Crippen LogP contribution in [-0.4, -0.2) is 26.6 Å². The number of hydrogen-bond donors (Lipinski definition) is 0. The van der Waals surface area contributed by atoms with Crippen molar-refractivity contribution in [2.45, 2.75) is 6.92 Å². The van der Waals surface area contributed by atoms with Gasteiger partial charge in [-0.25, -0.2) is 4.68 Å². The van der Waals surface area contributed by atoms with Crippen LogP contribution in [-0.2, 0) is 0 Å². The van der Waals surface area contributed by atoms with Gasteiger partial charge in [-0.1, -0.05) is 72.3 Å². The van der Waals surface area contributed by atoms with Crippen LogP contribution >= 0.6 is 11.6 Å². The molecule has 5 rings (SSSR count). The van der Waals surface area contributed by atoms with Crippen LogP contribution in [0.4, 0.5) is 0 Å². The van der Waals surface area contributed by atoms with E-state index in [1.54, 1.807) is 0 Å². The van der Waals surface area contributed by atoms with Crippen LogP contribution in [0.15, 0.2) is 84.9 Å². The predicted molar refractivity (Wildman–Crippen MR) is 124 cm³/mol. The van der Waals surface area contributed by atoms with Crippen molar-refractivity contribution < 1.29 is 4.74 Å². The summed E-state index contributed by atoms with van der Waals surface area (Å²) in [5, 5.41) is 15.4. The zero-order valence-electron chi connectivity index (χ0n) is 16.9. The molecule has 2 aromatic heterocycles. The molecule has 5 aromatic rings. The fourth-order valence-corrected chi connectivity index (χ4v) is 3.77. The maximum atomic E-state index is 6.14. The Kier molecular flexibility index (Phi) is 5.10. The van der Waals surface area contributed by atoms with Crippen LogP contribution in [0.1, 0.15) is 6.92 Å². The summed E-state index contributed by atoms with van der Waals surface area (Å²) < 4.78 is 7.71. The molecule has 2 heterocycles. The summed E-state index contributed by atoms with van der Waals surface area (Å²) in [5.74, 6) is 0.419. The number of fused-ring (bicyclic) bond motifs is 1. The molecule has 0 aliphatic rings. The molecule has 0 spiro atoms. The summed E-state index contributed by atoms with van der Waals surface area (Å²) in [4.78, 5) is 0. The first-order valence-electron chi connectivity index (χ1n) is 10.0. The molecule has 152 valence electrons. The van der Waals surface area contributed by atoms with Gasteiger partial charge in [0.2, 0.25) is 0 Å². The van der Waals surface area contributed by atoms with E-state index in [0.29, 0.717) is 23.0 Å². The Hall–Kier alpha value is -3.70. The van der Waals surface area contributed by atoms with E-state index in [0.717, 1.165) is 33.6 Å². The van der Waals surface area contributed by atoms with Gasteiger partial charge in [-0.2, -0.15) is 5.10 Å². The number of ether oxygens (including phenoxy) is 1. The molecular weight excluding hydrogens is 408 g/mol. The van der Waals surface area contributed by atoms with E-state index in [4.69, 9.17) is 21.4 Å². The lowest BCUT2D eigenvalue weighted by atomic mass is 10.0. The van der Waals surface area contributed by atoms with Crippen LogP contribution in [0.5, 0.6) is 5.88 Å². The van der Waals surface area contributed by atoms with Crippen LogP contribution in [0, 0.1) is 0 Å². The highest BCUT2D eigenvalue weighted by atomic mass is 35.5. The predicted octanol–water partition coefficient (Wildman–Crippen LogP) is 6.20. The van der Waals surface area contributed by atoms with E-state index in [-0.39, 0.29) is 0 Å². The van der Waals surface area contributed by atoms with Gasteiger partial charge in [-0.05, 0) is 31.2 Å². The van der Waals surface area contributed by atoms with Crippen molar-refractivity contribution >= 4 is 22.5 Å². The lowest BCUT2D eigenvalue weighted by Crippen LogP contribution is -1.99. The largest absolute Gasteiger partial charge is 0.475 e. The van der Waals surface area contributed by atoms with Crippen LogP contribution in [0.2, 0.25) is 5.02 Å². The molecule has 0 fully saturated rings. The second kappa shape index (κ2) is 8.20. The van der Waals surface area contributed by atoms with Crippen molar-refractivity contribution in [1.29, 1.82) is 0 Å². The first kappa shape index (κ1) is 19.3. The lowest BCUT2D eigenvalue weighted by molar-refractivity contribution is 0.326. The summed E-state index contributed by atoms with van der Waals surface area (Å²) in [6.07, 6.45) is 0. The molecule has 0 amide bonds. The van der Waals surface area contributed by atoms with Gasteiger partial charge in [-0.15, -0.1) is 10.2 Å². The van der Waals surface area contributed by atoms with E-state index >= 15 is 0 Å². The molecule has 5 nitrogen and oxygen atoms in total. The highest BCUT2D eigenvalue weighted by molar-refractivity contribution is 6.30. The number of hydrogen-bond acceptors (Lipinski definition) is 4. The van der Waals surface area contributed by atoms with Crippen molar-refractivity contribution in [2.24, 2.45) is 0 Å². The SMILES string of the molecule is CCOc1nnc(-c2ccccc2)c2c(-c3ccccc3)n(-c3ccc(Cl)cc3)nc12. The van der Waals surface area contributed by atoms with E-state index in [2.05, 4.69) is 22.3 Å². The van der Waals surface area contributed by atoms with Gasteiger partial charge in [0.25, 0.3) is 5.88 Å². The van der Waals surface area contributed by atoms with E-state index in [9.17, 15) is 0 Å². The number of nitrogens with zero attached hydrogens (tertiary/aromatic N) is 4. The number of benzene rings is 3. The molecule has 0 saturated carbocycles. The lowest BCUT2D eigenvalue weighted by Gasteiger charge is -2.10. The quantitative estimate of drug-likeness (QED) is 0.335. The third-order valence-electron chi connectivity index (χ3n) is 5.01. The molecule has 6 heteroatoms. The Morgan fingerprint density at radius 2 is 1.45 bits per heavy atom. The maximum Gasteiger partial charge on any atom is 0.262 e. The first-order chi connectivity index (χ1) is 15.3. The van der Waals surface area contributed by atoms with Gasteiger partial charge >= 0.3 is 0 Å². The third-order valence-corrected chi connectivity index (χ3v) is 5.26. The summed E-state index contributed by atoms with van der Waals surface area (Å²) in [6.45, 7) is 2.40. The molecule has 31 heavy (non-hydrogen) atoms. The Balaban J connectivity index is 1.91. The van der Waals surface area contributed by atoms with Crippen molar-refractivity contribution in [3.8, 4) is 34.1 Å². The number of rotatable bonds is 5. The number of aromatic nitrogens is 4. The Labute approximate surface area is 184 Å². The molecule has 0 aliphatic heterocycles. The van der Waals surface area contributed by atoms with Gasteiger partial charge in [0.05, 0.1) is 23.4 Å². The normalized spacial score (nSPS) is 11.0. The molecular formula is C25H19ClN4O. The van der Waals surface area contributed by atoms with Gasteiger partial charge in [0.1, 0.15) is 5.69 Å². The van der Waals surface area contributed by atoms with Gasteiger partial charge < -0.3 is 4.74 Å². The molecule has 0 bridgehead atoms. The second-order valence-electron chi connectivity index (χ2n) is 6.98. The fourth-order valence-electron chi connectivity index (χ4n) is 3.65. The van der Waals surface area contributed by atoms with E-state index < -0.39 is 0 Å². The third kappa shape index (κ3) is 3.53. The Bertz CT molecular complexity index is 1330. The smallest absolute Gasteiger partial charge is 0.262 e. The molecule has 0 saturated heterocycles. The van der Waals surface area contributed by atoms with Crippen LogP contribution in [0.25, 0.3) is 39.1 Å². The van der Waals surface area contributed by atoms with Gasteiger partial charge in [0.15, 0.2) is 5.52 Å². The zero-order valence-corrected chi connectivity index (χ0v) is 17.6. The summed E-state index contributed by atoms with van der Waals surface area (Å²) in [6, 6.07) is 27.8. The number of halogens is 1. The molecule has 3 aromatic carbocycles. The topological polar surface area (TPSA) is 52.8 Å². The minimum absolute atomic E-state index is 0.419. The summed E-state index contributed by atoms with van der Waals surface area (Å²) in [7, 11) is 0. The highest BCUT2D eigenvalue weighted by Gasteiger charge is 2.23. The summed E-state index contributed by atoms with van der Waals surface area (Å²) in [5.41, 5.74) is 5.24. The maximum absolute atomic E-state index is 6.14. The highest BCUT2D eigenvalue weighted by Crippen LogP contribution is 2.39. The Morgan fingerprint density at radius 3 is 2.10 bits per heavy atom. The Morgan fingerprint density at radius 1 is 0.806 bits per heavy atom. The molecule has 0 radical (unpaired) electrons. The molecule has 0 atom stereocenters. The summed E-state index contributed by atoms with van der Waals surface area (Å²) >= 11 is 6.14. The second-order valence-corrected chi connectivity index (χ2v) is 7.42. The first-order valence-corrected chi connectivity index (χ1v) is 10.4. The van der Waals surface area contributed by atoms with Crippen molar-refractivity contribution in [3.63, 3.8) is 0 Å². The molecule has 0 aliphatic carbocycles. The van der Waals surface area contributed by atoms with E-state index in [1.807, 2.05) is 84.4 Å². The van der Waals surface area contributed by atoms with Crippen molar-refractivity contribution in [1.82, 2.24) is 20.0 Å². The monoisotopic (exact) mass is 426 g/mol. The molecule has 0 N–H and O–H groups in total. The average Bonchev–Trinajstić information content (AvgIpc) is 3.22. The standard InChI is InChI=1S/C25H19ClN4O/c1-2-31-25-23-21(22(27-28-25)17-9-5-3-6-10-17)24(18-11-7-4-8-12-18)30(29-23)20-15-13-19(26)14-16-20/h3-16H,2H2,1H3. The zero-order chi connectivity index (χ0) is 21.2. The van der Waals surface area contributed by atoms with Crippen molar-refractivity contribution in [2.75, 3.05) is 6.61 Å². The average molecular weight is 427 g/mol. The minimum Gasteiger partial charge on any atom is -0.475 e.